The number of hydrogen-bond donors (Lipinski definition) is 1. The zero-order chi connectivity index (χ0) is 16.4. The summed E-state index contributed by atoms with van der Waals surface area (Å²) in [6.45, 7) is 0. The first-order chi connectivity index (χ1) is 11.0. The van der Waals surface area contributed by atoms with Crippen molar-refractivity contribution in [3.05, 3.63) is 70.7 Å². The number of nitrogens with one attached hydrogen (secondary N) is 1. The number of amidine groups is 1. The number of thioether (sulfide) groups is 1. The van der Waals surface area contributed by atoms with Gasteiger partial charge in [0.1, 0.15) is 0 Å². The fourth-order valence-corrected chi connectivity index (χ4v) is 3.77. The van der Waals surface area contributed by atoms with E-state index in [4.69, 9.17) is 34.8 Å². The molecule has 0 amide bonds. The quantitative estimate of drug-likeness (QED) is 0.546. The third-order valence-corrected chi connectivity index (χ3v) is 5.50. The summed E-state index contributed by atoms with van der Waals surface area (Å²) in [6, 6.07) is 17.5. The SMILES string of the molecule is CSC1(Cl)N=C(Cl)NC(c2ccc(Cl)cc2)=C1c1ccccc1. The van der Waals surface area contributed by atoms with Crippen molar-refractivity contribution < 1.29 is 0 Å². The Morgan fingerprint density at radius 3 is 2.22 bits per heavy atom. The standard InChI is InChI=1S/C17H13Cl3N2S/c1-23-17(20)14(11-5-3-2-4-6-11)15(21-16(19)22-17)12-7-9-13(18)10-8-12/h2-10H,1H3,(H,21,22). The van der Waals surface area contributed by atoms with Crippen LogP contribution in [0.5, 0.6) is 0 Å². The number of rotatable bonds is 3. The lowest BCUT2D eigenvalue weighted by atomic mass is 9.98. The van der Waals surface area contributed by atoms with Gasteiger partial charge in [0.25, 0.3) is 0 Å². The van der Waals surface area contributed by atoms with Crippen molar-refractivity contribution in [2.24, 2.45) is 4.99 Å². The molecule has 1 aliphatic heterocycles. The first-order valence-electron chi connectivity index (χ1n) is 6.86. The summed E-state index contributed by atoms with van der Waals surface area (Å²) in [6.07, 6.45) is 1.91. The molecular formula is C17H13Cl3N2S. The van der Waals surface area contributed by atoms with E-state index in [1.807, 2.05) is 60.9 Å². The van der Waals surface area contributed by atoms with E-state index >= 15 is 0 Å². The molecular weight excluding hydrogens is 371 g/mol. The second-order valence-electron chi connectivity index (χ2n) is 4.92. The Bertz CT molecular complexity index is 772. The summed E-state index contributed by atoms with van der Waals surface area (Å²) in [4.78, 5) is 4.40. The molecule has 118 valence electrons. The molecule has 6 heteroatoms. The number of aliphatic imine (C=N–C) groups is 1. The molecule has 0 saturated heterocycles. The van der Waals surface area contributed by atoms with Gasteiger partial charge in [0.05, 0.1) is 5.70 Å². The normalized spacial score (nSPS) is 21.0. The predicted molar refractivity (Wildman–Crippen MR) is 103 cm³/mol. The number of nitrogens with zero attached hydrogens (tertiary/aromatic N) is 1. The van der Waals surface area contributed by atoms with Crippen molar-refractivity contribution in [2.75, 3.05) is 6.26 Å². The molecule has 23 heavy (non-hydrogen) atoms. The molecule has 2 aromatic rings. The van der Waals surface area contributed by atoms with Crippen LogP contribution in [0.3, 0.4) is 0 Å². The zero-order valence-electron chi connectivity index (χ0n) is 12.2. The van der Waals surface area contributed by atoms with Crippen LogP contribution in [0.1, 0.15) is 11.1 Å². The van der Waals surface area contributed by atoms with E-state index in [9.17, 15) is 0 Å². The number of benzene rings is 2. The van der Waals surface area contributed by atoms with Crippen LogP contribution in [0, 0.1) is 0 Å². The summed E-state index contributed by atoms with van der Waals surface area (Å²) < 4.78 is -0.987. The molecule has 0 aliphatic carbocycles. The first-order valence-corrected chi connectivity index (χ1v) is 9.22. The van der Waals surface area contributed by atoms with E-state index in [1.165, 1.54) is 11.8 Å². The third-order valence-electron chi connectivity index (χ3n) is 3.49. The highest BCUT2D eigenvalue weighted by molar-refractivity contribution is 8.01. The molecule has 3 rings (SSSR count). The average molecular weight is 384 g/mol. The molecule has 1 unspecified atom stereocenters. The average Bonchev–Trinajstić information content (AvgIpc) is 2.55. The zero-order valence-corrected chi connectivity index (χ0v) is 15.3. The highest BCUT2D eigenvalue weighted by atomic mass is 35.5. The largest absolute Gasteiger partial charge is 0.330 e. The molecule has 0 bridgehead atoms. The van der Waals surface area contributed by atoms with Gasteiger partial charge in [-0.05, 0) is 41.1 Å². The topological polar surface area (TPSA) is 24.4 Å². The fraction of sp³-hybridized carbons (Fsp3) is 0.118. The molecule has 0 saturated carbocycles. The van der Waals surface area contributed by atoms with Gasteiger partial charge in [0, 0.05) is 10.6 Å². The van der Waals surface area contributed by atoms with Crippen LogP contribution in [0.4, 0.5) is 0 Å². The van der Waals surface area contributed by atoms with Crippen molar-refractivity contribution in [2.45, 2.75) is 4.33 Å². The Morgan fingerprint density at radius 2 is 1.61 bits per heavy atom. The van der Waals surface area contributed by atoms with Crippen LogP contribution in [0.25, 0.3) is 11.3 Å². The van der Waals surface area contributed by atoms with Gasteiger partial charge < -0.3 is 5.32 Å². The monoisotopic (exact) mass is 382 g/mol. The smallest absolute Gasteiger partial charge is 0.211 e. The van der Waals surface area contributed by atoms with E-state index in [2.05, 4.69) is 10.3 Å². The van der Waals surface area contributed by atoms with Gasteiger partial charge in [-0.1, -0.05) is 65.7 Å². The molecule has 0 aromatic heterocycles. The molecule has 0 fully saturated rings. The number of halogens is 3. The molecule has 2 aromatic carbocycles. The molecule has 1 aliphatic rings. The van der Waals surface area contributed by atoms with Crippen LogP contribution in [-0.4, -0.2) is 15.9 Å². The van der Waals surface area contributed by atoms with Crippen molar-refractivity contribution in [1.82, 2.24) is 5.32 Å². The maximum atomic E-state index is 6.80. The highest BCUT2D eigenvalue weighted by Gasteiger charge is 2.38. The summed E-state index contributed by atoms with van der Waals surface area (Å²) >= 11 is 20.4. The molecule has 0 radical (unpaired) electrons. The van der Waals surface area contributed by atoms with Gasteiger partial charge in [0.2, 0.25) is 4.33 Å². The summed E-state index contributed by atoms with van der Waals surface area (Å²) in [5, 5.41) is 4.08. The fourth-order valence-electron chi connectivity index (χ4n) is 2.44. The number of alkyl halides is 1. The Morgan fingerprint density at radius 1 is 0.957 bits per heavy atom. The van der Waals surface area contributed by atoms with Crippen LogP contribution < -0.4 is 5.32 Å². The highest BCUT2D eigenvalue weighted by Crippen LogP contribution is 2.47. The molecule has 1 N–H and O–H groups in total. The van der Waals surface area contributed by atoms with Crippen LogP contribution >= 0.6 is 46.6 Å². The Kier molecular flexibility index (Phi) is 4.93. The van der Waals surface area contributed by atoms with Gasteiger partial charge in [0.15, 0.2) is 5.29 Å². The number of hydrogen-bond acceptors (Lipinski definition) is 3. The third kappa shape index (κ3) is 3.38. The van der Waals surface area contributed by atoms with Gasteiger partial charge in [-0.2, -0.15) is 0 Å². The Balaban J connectivity index is 2.25. The van der Waals surface area contributed by atoms with E-state index < -0.39 is 4.33 Å². The molecule has 1 atom stereocenters. The minimum Gasteiger partial charge on any atom is -0.330 e. The maximum absolute atomic E-state index is 6.80. The Hall–Kier alpha value is -1.13. The van der Waals surface area contributed by atoms with E-state index in [-0.39, 0.29) is 5.29 Å². The van der Waals surface area contributed by atoms with Crippen molar-refractivity contribution in [3.63, 3.8) is 0 Å². The van der Waals surface area contributed by atoms with Crippen molar-refractivity contribution in [1.29, 1.82) is 0 Å². The van der Waals surface area contributed by atoms with E-state index in [0.29, 0.717) is 5.02 Å². The van der Waals surface area contributed by atoms with Gasteiger partial charge in [-0.25, -0.2) is 4.99 Å². The van der Waals surface area contributed by atoms with Gasteiger partial charge in [-0.15, -0.1) is 11.8 Å². The summed E-state index contributed by atoms with van der Waals surface area (Å²) in [7, 11) is 0. The van der Waals surface area contributed by atoms with E-state index in [0.717, 1.165) is 22.4 Å². The van der Waals surface area contributed by atoms with Gasteiger partial charge >= 0.3 is 0 Å². The van der Waals surface area contributed by atoms with E-state index in [1.54, 1.807) is 0 Å². The van der Waals surface area contributed by atoms with Crippen LogP contribution in [0.2, 0.25) is 5.02 Å². The molecule has 1 heterocycles. The van der Waals surface area contributed by atoms with Crippen molar-refractivity contribution >= 4 is 63.1 Å². The molecule has 0 spiro atoms. The first kappa shape index (κ1) is 16.7. The van der Waals surface area contributed by atoms with Gasteiger partial charge in [-0.3, -0.25) is 0 Å². The second kappa shape index (κ2) is 6.78. The maximum Gasteiger partial charge on any atom is 0.211 e. The Labute approximate surface area is 154 Å². The van der Waals surface area contributed by atoms with Crippen molar-refractivity contribution in [3.8, 4) is 0 Å². The lowest BCUT2D eigenvalue weighted by Crippen LogP contribution is -2.32. The minimum absolute atomic E-state index is 0.263. The minimum atomic E-state index is -0.987. The van der Waals surface area contributed by atoms with Crippen LogP contribution in [0.15, 0.2) is 59.6 Å². The predicted octanol–water partition coefficient (Wildman–Crippen LogP) is 5.66. The second-order valence-corrected chi connectivity index (χ2v) is 7.48. The lowest BCUT2D eigenvalue weighted by Gasteiger charge is -2.32. The lowest BCUT2D eigenvalue weighted by molar-refractivity contribution is 1.03. The molecule has 2 nitrogen and oxygen atoms in total. The summed E-state index contributed by atoms with van der Waals surface area (Å²) in [5.74, 6) is 0. The summed E-state index contributed by atoms with van der Waals surface area (Å²) in [5.41, 5.74) is 3.64. The van der Waals surface area contributed by atoms with Crippen LogP contribution in [-0.2, 0) is 0 Å².